The summed E-state index contributed by atoms with van der Waals surface area (Å²) < 4.78 is 14.9. The van der Waals surface area contributed by atoms with Crippen molar-refractivity contribution in [1.29, 1.82) is 0 Å². The zero-order chi connectivity index (χ0) is 23.4. The van der Waals surface area contributed by atoms with Crippen LogP contribution in [-0.2, 0) is 5.75 Å². The Labute approximate surface area is 199 Å². The van der Waals surface area contributed by atoms with E-state index in [1.807, 2.05) is 18.2 Å². The van der Waals surface area contributed by atoms with Crippen LogP contribution in [0.25, 0.3) is 0 Å². The van der Waals surface area contributed by atoms with Crippen molar-refractivity contribution in [1.82, 2.24) is 14.9 Å². The molecule has 0 saturated carbocycles. The maximum absolute atomic E-state index is 14.9. The molecule has 1 saturated heterocycles. The van der Waals surface area contributed by atoms with Crippen molar-refractivity contribution in [3.8, 4) is 0 Å². The quantitative estimate of drug-likeness (QED) is 0.375. The molecule has 1 aliphatic heterocycles. The van der Waals surface area contributed by atoms with Gasteiger partial charge in [0.25, 0.3) is 5.91 Å². The van der Waals surface area contributed by atoms with E-state index in [1.165, 1.54) is 22.7 Å². The topological polar surface area (TPSA) is 52.6 Å². The van der Waals surface area contributed by atoms with Crippen molar-refractivity contribution >= 4 is 29.0 Å². The third kappa shape index (κ3) is 5.51. The third-order valence-electron chi connectivity index (χ3n) is 5.97. The van der Waals surface area contributed by atoms with E-state index in [4.69, 9.17) is 0 Å². The molecule has 1 unspecified atom stereocenters. The molecule has 0 N–H and O–H groups in total. The first kappa shape index (κ1) is 23.2. The van der Waals surface area contributed by atoms with Gasteiger partial charge in [-0.2, -0.15) is 0 Å². The first-order chi connectivity index (χ1) is 15.9. The highest BCUT2D eigenvalue weighted by atomic mass is 32.2. The Balaban J connectivity index is 0.00000324. The van der Waals surface area contributed by atoms with E-state index >= 15 is 0 Å². The Bertz CT molecular complexity index is 1100. The molecular weight excluding hydrogens is 437 g/mol. The van der Waals surface area contributed by atoms with Gasteiger partial charge in [-0.05, 0) is 62.5 Å². The number of rotatable bonds is 7. The molecule has 0 aliphatic carbocycles. The van der Waals surface area contributed by atoms with Crippen LogP contribution in [0.15, 0.2) is 66.1 Å². The van der Waals surface area contributed by atoms with Gasteiger partial charge in [0.2, 0.25) is 0 Å². The summed E-state index contributed by atoms with van der Waals surface area (Å²) in [6, 6.07) is 14.7. The molecule has 1 aliphatic rings. The average Bonchev–Trinajstić information content (AvgIpc) is 3.33. The third-order valence-corrected chi connectivity index (χ3v) is 6.92. The second kappa shape index (κ2) is 10.3. The standard InChI is InChI=1S/C25H28FN5OS.H2/c1-29(2)21-11-14-31(16-21)23-10-9-20(15-22(23)26)30(3)24(32)19-7-5-18(6-8-19)17-33-25-27-12-4-13-28-25;/h4-10,12-13,15,21H,11,14,16-17H2,1-3H3;1H. The minimum atomic E-state index is -0.304. The SMILES string of the molecule is CN(C(=O)c1ccc(CSc2ncccn2)cc1)c1ccc(N2CCC(N(C)C)C2)c(F)c1.[HH]. The molecule has 0 radical (unpaired) electrons. The summed E-state index contributed by atoms with van der Waals surface area (Å²) in [6.45, 7) is 1.63. The lowest BCUT2D eigenvalue weighted by Crippen LogP contribution is -2.31. The molecule has 174 valence electrons. The summed E-state index contributed by atoms with van der Waals surface area (Å²) in [6.07, 6.45) is 4.45. The van der Waals surface area contributed by atoms with E-state index in [-0.39, 0.29) is 13.2 Å². The van der Waals surface area contributed by atoms with Crippen LogP contribution in [0, 0.1) is 5.82 Å². The van der Waals surface area contributed by atoms with Gasteiger partial charge in [-0.3, -0.25) is 4.79 Å². The predicted molar refractivity (Wildman–Crippen MR) is 134 cm³/mol. The maximum atomic E-state index is 14.9. The van der Waals surface area contributed by atoms with Crippen LogP contribution in [0.4, 0.5) is 15.8 Å². The summed E-state index contributed by atoms with van der Waals surface area (Å²) in [7, 11) is 5.78. The minimum absolute atomic E-state index is 0. The van der Waals surface area contributed by atoms with Crippen molar-refractivity contribution in [3.05, 3.63) is 77.9 Å². The molecule has 1 amide bonds. The van der Waals surface area contributed by atoms with E-state index in [2.05, 4.69) is 33.9 Å². The van der Waals surface area contributed by atoms with Gasteiger partial charge in [-0.25, -0.2) is 14.4 Å². The lowest BCUT2D eigenvalue weighted by molar-refractivity contribution is 0.0993. The Morgan fingerprint density at radius 1 is 1.15 bits per heavy atom. The minimum Gasteiger partial charge on any atom is -0.368 e. The highest BCUT2D eigenvalue weighted by Crippen LogP contribution is 2.29. The number of nitrogens with zero attached hydrogens (tertiary/aromatic N) is 5. The highest BCUT2D eigenvalue weighted by molar-refractivity contribution is 7.98. The first-order valence-electron chi connectivity index (χ1n) is 10.9. The molecule has 0 bridgehead atoms. The zero-order valence-corrected chi connectivity index (χ0v) is 19.9. The molecule has 1 atom stereocenters. The number of hydrogen-bond acceptors (Lipinski definition) is 6. The van der Waals surface area contributed by atoms with Crippen molar-refractivity contribution < 1.29 is 10.6 Å². The van der Waals surface area contributed by atoms with Crippen molar-refractivity contribution in [2.24, 2.45) is 0 Å². The van der Waals surface area contributed by atoms with Gasteiger partial charge >= 0.3 is 0 Å². The van der Waals surface area contributed by atoms with Gasteiger partial charge in [0, 0.05) is 57.0 Å². The lowest BCUT2D eigenvalue weighted by Gasteiger charge is -2.23. The largest absolute Gasteiger partial charge is 0.368 e. The summed E-state index contributed by atoms with van der Waals surface area (Å²) in [4.78, 5) is 27.1. The number of aromatic nitrogens is 2. The highest BCUT2D eigenvalue weighted by Gasteiger charge is 2.26. The number of likely N-dealkylation sites (N-methyl/N-ethyl adjacent to an activating group) is 1. The summed E-state index contributed by atoms with van der Waals surface area (Å²) in [5.74, 6) is 0.232. The first-order valence-corrected chi connectivity index (χ1v) is 11.9. The van der Waals surface area contributed by atoms with Crippen molar-refractivity contribution in [3.63, 3.8) is 0 Å². The molecule has 3 aromatic rings. The molecule has 1 fully saturated rings. The van der Waals surface area contributed by atoms with Gasteiger partial charge in [0.1, 0.15) is 5.82 Å². The van der Waals surface area contributed by atoms with E-state index in [9.17, 15) is 9.18 Å². The fraction of sp³-hybridized carbons (Fsp3) is 0.320. The van der Waals surface area contributed by atoms with Gasteiger partial charge in [-0.15, -0.1) is 0 Å². The van der Waals surface area contributed by atoms with Crippen LogP contribution in [0.3, 0.4) is 0 Å². The van der Waals surface area contributed by atoms with E-state index in [1.54, 1.807) is 43.7 Å². The summed E-state index contributed by atoms with van der Waals surface area (Å²) in [5, 5.41) is 0.717. The number of carbonyl (C=O) groups excluding carboxylic acids is 1. The zero-order valence-electron chi connectivity index (χ0n) is 19.1. The fourth-order valence-electron chi connectivity index (χ4n) is 3.91. The van der Waals surface area contributed by atoms with Crippen LogP contribution in [0.5, 0.6) is 0 Å². The average molecular weight is 468 g/mol. The molecule has 0 spiro atoms. The van der Waals surface area contributed by atoms with E-state index in [0.29, 0.717) is 33.9 Å². The summed E-state index contributed by atoms with van der Waals surface area (Å²) >= 11 is 1.54. The molecule has 6 nitrogen and oxygen atoms in total. The van der Waals surface area contributed by atoms with Gasteiger partial charge in [-0.1, -0.05) is 23.9 Å². The molecule has 8 heteroatoms. The monoisotopic (exact) mass is 467 g/mol. The lowest BCUT2D eigenvalue weighted by atomic mass is 10.1. The Kier molecular flexibility index (Phi) is 7.25. The normalized spacial score (nSPS) is 15.8. The summed E-state index contributed by atoms with van der Waals surface area (Å²) in [5.41, 5.74) is 2.75. The van der Waals surface area contributed by atoms with Gasteiger partial charge in [0.05, 0.1) is 5.69 Å². The van der Waals surface area contributed by atoms with Crippen LogP contribution in [-0.4, -0.2) is 61.0 Å². The van der Waals surface area contributed by atoms with Gasteiger partial charge in [0.15, 0.2) is 5.16 Å². The smallest absolute Gasteiger partial charge is 0.258 e. The van der Waals surface area contributed by atoms with E-state index in [0.717, 1.165) is 25.1 Å². The number of hydrogen-bond donors (Lipinski definition) is 0. The number of thioether (sulfide) groups is 1. The predicted octanol–water partition coefficient (Wildman–Crippen LogP) is 4.57. The Hall–Kier alpha value is -2.97. The van der Waals surface area contributed by atoms with Crippen LogP contribution in [0.2, 0.25) is 0 Å². The van der Waals surface area contributed by atoms with Crippen LogP contribution < -0.4 is 9.80 Å². The Morgan fingerprint density at radius 3 is 2.52 bits per heavy atom. The molecule has 2 heterocycles. The number of carbonyl (C=O) groups is 1. The number of anilines is 2. The molecular formula is C25H30FN5OS. The molecule has 4 rings (SSSR count). The second-order valence-electron chi connectivity index (χ2n) is 8.37. The molecule has 1 aromatic heterocycles. The molecule has 33 heavy (non-hydrogen) atoms. The van der Waals surface area contributed by atoms with Crippen LogP contribution >= 0.6 is 11.8 Å². The Morgan fingerprint density at radius 2 is 1.88 bits per heavy atom. The van der Waals surface area contributed by atoms with Crippen molar-refractivity contribution in [2.75, 3.05) is 44.0 Å². The maximum Gasteiger partial charge on any atom is 0.258 e. The van der Waals surface area contributed by atoms with Crippen molar-refractivity contribution in [2.45, 2.75) is 23.4 Å². The molecule has 2 aromatic carbocycles. The second-order valence-corrected chi connectivity index (χ2v) is 9.31. The fourth-order valence-corrected chi connectivity index (χ4v) is 4.66. The van der Waals surface area contributed by atoms with Gasteiger partial charge < -0.3 is 14.7 Å². The van der Waals surface area contributed by atoms with Crippen LogP contribution in [0.1, 0.15) is 23.8 Å². The number of halogens is 1. The number of amides is 1. The van der Waals surface area contributed by atoms with E-state index < -0.39 is 0 Å². The number of benzene rings is 2.